The number of nitrogens with zero attached hydrogens (tertiary/aromatic N) is 1. The largest absolute Gasteiger partial charge is 0.344 e. The summed E-state index contributed by atoms with van der Waals surface area (Å²) in [5.74, 6) is 1.50. The van der Waals surface area contributed by atoms with Gasteiger partial charge in [0.05, 0.1) is 0 Å². The van der Waals surface area contributed by atoms with Gasteiger partial charge in [-0.15, -0.1) is 0 Å². The van der Waals surface area contributed by atoms with Crippen molar-refractivity contribution in [3.05, 3.63) is 34.4 Å². The van der Waals surface area contributed by atoms with E-state index in [4.69, 9.17) is 5.73 Å². The average molecular weight is 475 g/mol. The molecule has 0 saturated heterocycles. The molecule has 0 amide bonds. The zero-order valence-electron chi connectivity index (χ0n) is 18.6. The number of hydrogen-bond donors (Lipinski definition) is 2. The Hall–Kier alpha value is -0.840. The highest BCUT2D eigenvalue weighted by Gasteiger charge is 2.29. The molecule has 0 radical (unpaired) electrons. The quantitative estimate of drug-likeness (QED) is 0.388. The predicted octanol–water partition coefficient (Wildman–Crippen LogP) is 6.90. The van der Waals surface area contributed by atoms with Crippen molar-refractivity contribution in [3.63, 3.8) is 0 Å². The number of halogens is 1. The first kappa shape index (κ1) is 22.4. The normalized spacial score (nSPS) is 20.1. The van der Waals surface area contributed by atoms with Crippen LogP contribution in [0.5, 0.6) is 0 Å². The minimum atomic E-state index is 0.664. The van der Waals surface area contributed by atoms with Crippen molar-refractivity contribution in [1.29, 1.82) is 0 Å². The predicted molar refractivity (Wildman–Crippen MR) is 132 cm³/mol. The minimum absolute atomic E-state index is 0.664. The first-order valence-corrected chi connectivity index (χ1v) is 13.3. The maximum absolute atomic E-state index is 5.68. The highest BCUT2D eigenvalue weighted by Crippen LogP contribution is 2.43. The Labute approximate surface area is 191 Å². The van der Waals surface area contributed by atoms with Gasteiger partial charge in [0.25, 0.3) is 0 Å². The van der Waals surface area contributed by atoms with Gasteiger partial charge in [0.15, 0.2) is 0 Å². The van der Waals surface area contributed by atoms with E-state index < -0.39 is 0 Å². The Morgan fingerprint density at radius 2 is 1.73 bits per heavy atom. The summed E-state index contributed by atoms with van der Waals surface area (Å²) in [6.45, 7) is 2.93. The van der Waals surface area contributed by atoms with E-state index in [0.717, 1.165) is 32.0 Å². The molecule has 2 aliphatic carbocycles. The van der Waals surface area contributed by atoms with Gasteiger partial charge >= 0.3 is 0 Å². The van der Waals surface area contributed by atoms with Crippen molar-refractivity contribution in [2.24, 2.45) is 11.7 Å². The molecule has 4 rings (SSSR count). The highest BCUT2D eigenvalue weighted by molar-refractivity contribution is 9.10. The van der Waals surface area contributed by atoms with Crippen molar-refractivity contribution in [2.75, 3.05) is 19.6 Å². The first-order chi connectivity index (χ1) is 14.8. The third-order valence-corrected chi connectivity index (χ3v) is 8.10. The standard InChI is InChI=1S/C26H40BrN3/c27-21-12-13-26-24(18-21)25(19-30(26)22-10-5-2-6-11-22)23(14-17-29-16-7-15-28)20-8-3-1-4-9-20/h12-13,18-20,22-23,29H,1-11,14-17,28H2. The molecule has 1 unspecified atom stereocenters. The van der Waals surface area contributed by atoms with Crippen LogP contribution in [-0.2, 0) is 0 Å². The summed E-state index contributed by atoms with van der Waals surface area (Å²) < 4.78 is 3.87. The van der Waals surface area contributed by atoms with E-state index in [1.807, 2.05) is 0 Å². The van der Waals surface area contributed by atoms with Crippen LogP contribution in [0.15, 0.2) is 28.9 Å². The van der Waals surface area contributed by atoms with E-state index >= 15 is 0 Å². The lowest BCUT2D eigenvalue weighted by Gasteiger charge is -2.31. The molecule has 1 atom stereocenters. The zero-order chi connectivity index (χ0) is 20.8. The molecule has 2 saturated carbocycles. The summed E-state index contributed by atoms with van der Waals surface area (Å²) in [6.07, 6.45) is 18.8. The Bertz CT molecular complexity index is 787. The lowest BCUT2D eigenvalue weighted by atomic mass is 9.75. The molecular weight excluding hydrogens is 434 g/mol. The van der Waals surface area contributed by atoms with Gasteiger partial charge in [0.2, 0.25) is 0 Å². The molecule has 0 aliphatic heterocycles. The van der Waals surface area contributed by atoms with Crippen molar-refractivity contribution in [2.45, 2.75) is 89.0 Å². The number of hydrogen-bond acceptors (Lipinski definition) is 2. The molecule has 1 heterocycles. The van der Waals surface area contributed by atoms with Crippen molar-refractivity contribution in [1.82, 2.24) is 9.88 Å². The second-order valence-electron chi connectivity index (χ2n) is 9.63. The number of benzene rings is 1. The number of nitrogens with two attached hydrogens (primary N) is 1. The van der Waals surface area contributed by atoms with Gasteiger partial charge in [-0.2, -0.15) is 0 Å². The molecule has 2 aliphatic rings. The fourth-order valence-corrected chi connectivity index (χ4v) is 6.36. The third kappa shape index (κ3) is 5.31. The van der Waals surface area contributed by atoms with Crippen LogP contribution < -0.4 is 11.1 Å². The lowest BCUT2D eigenvalue weighted by Crippen LogP contribution is -2.24. The molecule has 0 bridgehead atoms. The average Bonchev–Trinajstić information content (AvgIpc) is 3.16. The molecule has 3 N–H and O–H groups in total. The second-order valence-corrected chi connectivity index (χ2v) is 10.5. The fourth-order valence-electron chi connectivity index (χ4n) is 6.00. The van der Waals surface area contributed by atoms with Gasteiger partial charge < -0.3 is 15.6 Å². The number of nitrogens with one attached hydrogen (secondary N) is 1. The molecule has 166 valence electrons. The summed E-state index contributed by atoms with van der Waals surface area (Å²) in [5.41, 5.74) is 8.75. The maximum atomic E-state index is 5.68. The van der Waals surface area contributed by atoms with Gasteiger partial charge in [-0.05, 0) is 93.8 Å². The molecular formula is C26H40BrN3. The van der Waals surface area contributed by atoms with E-state index in [0.29, 0.717) is 12.0 Å². The monoisotopic (exact) mass is 473 g/mol. The van der Waals surface area contributed by atoms with Crippen LogP contribution in [0.25, 0.3) is 10.9 Å². The Balaban J connectivity index is 1.65. The van der Waals surface area contributed by atoms with E-state index in [-0.39, 0.29) is 0 Å². The smallest absolute Gasteiger partial charge is 0.0486 e. The summed E-state index contributed by atoms with van der Waals surface area (Å²) in [7, 11) is 0. The van der Waals surface area contributed by atoms with Gasteiger partial charge in [-0.25, -0.2) is 0 Å². The molecule has 3 nitrogen and oxygen atoms in total. The third-order valence-electron chi connectivity index (χ3n) is 7.60. The Morgan fingerprint density at radius 3 is 2.47 bits per heavy atom. The topological polar surface area (TPSA) is 43.0 Å². The Morgan fingerprint density at radius 1 is 1.00 bits per heavy atom. The summed E-state index contributed by atoms with van der Waals surface area (Å²) in [5, 5.41) is 5.15. The zero-order valence-corrected chi connectivity index (χ0v) is 20.1. The molecule has 4 heteroatoms. The summed E-state index contributed by atoms with van der Waals surface area (Å²) in [4.78, 5) is 0. The fraction of sp³-hybridized carbons (Fsp3) is 0.692. The van der Waals surface area contributed by atoms with Crippen LogP contribution in [0.2, 0.25) is 0 Å². The van der Waals surface area contributed by atoms with Gasteiger partial charge in [0, 0.05) is 27.6 Å². The maximum Gasteiger partial charge on any atom is 0.0486 e. The summed E-state index contributed by atoms with van der Waals surface area (Å²) >= 11 is 3.76. The second kappa shape index (κ2) is 11.2. The van der Waals surface area contributed by atoms with Crippen LogP contribution in [-0.4, -0.2) is 24.2 Å². The van der Waals surface area contributed by atoms with E-state index in [1.165, 1.54) is 86.0 Å². The van der Waals surface area contributed by atoms with E-state index in [1.54, 1.807) is 5.56 Å². The van der Waals surface area contributed by atoms with Crippen molar-refractivity contribution < 1.29 is 0 Å². The number of rotatable bonds is 9. The number of fused-ring (bicyclic) bond motifs is 1. The van der Waals surface area contributed by atoms with E-state index in [2.05, 4.69) is 50.2 Å². The Kier molecular flexibility index (Phi) is 8.31. The van der Waals surface area contributed by atoms with E-state index in [9.17, 15) is 0 Å². The summed E-state index contributed by atoms with van der Waals surface area (Å²) in [6, 6.07) is 7.66. The first-order valence-electron chi connectivity index (χ1n) is 12.5. The molecule has 2 aromatic rings. The van der Waals surface area contributed by atoms with Crippen LogP contribution in [0.4, 0.5) is 0 Å². The molecule has 1 aromatic carbocycles. The van der Waals surface area contributed by atoms with Gasteiger partial charge in [-0.3, -0.25) is 0 Å². The van der Waals surface area contributed by atoms with Crippen LogP contribution >= 0.6 is 15.9 Å². The van der Waals surface area contributed by atoms with Crippen LogP contribution in [0.1, 0.15) is 94.6 Å². The molecule has 0 spiro atoms. The molecule has 30 heavy (non-hydrogen) atoms. The molecule has 2 fully saturated rings. The van der Waals surface area contributed by atoms with Gasteiger partial charge in [0.1, 0.15) is 0 Å². The van der Waals surface area contributed by atoms with Gasteiger partial charge in [-0.1, -0.05) is 54.5 Å². The van der Waals surface area contributed by atoms with Crippen LogP contribution in [0.3, 0.4) is 0 Å². The highest BCUT2D eigenvalue weighted by atomic mass is 79.9. The SMILES string of the molecule is NCCCNCCC(c1cn(C2CCCCC2)c2ccc(Br)cc12)C1CCCCC1. The molecule has 1 aromatic heterocycles. The lowest BCUT2D eigenvalue weighted by molar-refractivity contribution is 0.292. The van der Waals surface area contributed by atoms with Crippen molar-refractivity contribution >= 4 is 26.8 Å². The number of aromatic nitrogens is 1. The van der Waals surface area contributed by atoms with Crippen molar-refractivity contribution in [3.8, 4) is 0 Å². The van der Waals surface area contributed by atoms with Crippen LogP contribution in [0, 0.1) is 5.92 Å². The minimum Gasteiger partial charge on any atom is -0.344 e.